The number of pyridine rings is 1. The van der Waals surface area contributed by atoms with Gasteiger partial charge in [-0.15, -0.1) is 0 Å². The topological polar surface area (TPSA) is 12.9 Å². The number of halogens is 6. The van der Waals surface area contributed by atoms with Gasteiger partial charge >= 0.3 is 10.2 Å². The van der Waals surface area contributed by atoms with Crippen LogP contribution in [0.5, 0.6) is 0 Å². The summed E-state index contributed by atoms with van der Waals surface area (Å²) in [6, 6.07) is 1.86. The summed E-state index contributed by atoms with van der Waals surface area (Å²) >= 11 is 0. The van der Waals surface area contributed by atoms with Gasteiger partial charge in [-0.05, 0) is 30.7 Å². The first-order chi connectivity index (χ1) is 7.88. The summed E-state index contributed by atoms with van der Waals surface area (Å²) in [5.41, 5.74) is -0.696. The van der Waals surface area contributed by atoms with Crippen LogP contribution in [0.2, 0.25) is 0 Å². The van der Waals surface area contributed by atoms with Crippen molar-refractivity contribution in [2.24, 2.45) is 0 Å². The van der Waals surface area contributed by atoms with Gasteiger partial charge in [0.2, 0.25) is 0 Å². The van der Waals surface area contributed by atoms with Gasteiger partial charge in [0.25, 0.3) is 0 Å². The molecule has 0 radical (unpaired) electrons. The van der Waals surface area contributed by atoms with E-state index in [2.05, 4.69) is 4.98 Å². The van der Waals surface area contributed by atoms with Crippen LogP contribution in [-0.2, 0) is 0 Å². The van der Waals surface area contributed by atoms with E-state index < -0.39 is 26.5 Å². The van der Waals surface area contributed by atoms with E-state index in [1.54, 1.807) is 0 Å². The highest BCUT2D eigenvalue weighted by atomic mass is 32.5. The minimum Gasteiger partial charge on any atom is -0.255 e. The first kappa shape index (κ1) is 13.0. The van der Waals surface area contributed by atoms with Gasteiger partial charge in [-0.25, -0.2) is 4.39 Å². The zero-order valence-corrected chi connectivity index (χ0v) is 9.75. The maximum Gasteiger partial charge on any atom is 0.312 e. The van der Waals surface area contributed by atoms with Crippen molar-refractivity contribution in [2.75, 3.05) is 0 Å². The van der Waals surface area contributed by atoms with Gasteiger partial charge in [0.1, 0.15) is 10.7 Å². The van der Waals surface area contributed by atoms with E-state index in [9.17, 15) is 23.8 Å². The van der Waals surface area contributed by atoms with Gasteiger partial charge < -0.3 is 0 Å². The zero-order valence-electron chi connectivity index (χ0n) is 8.93. The highest BCUT2D eigenvalue weighted by Gasteiger charge is 2.66. The van der Waals surface area contributed by atoms with Gasteiger partial charge in [0, 0.05) is 11.6 Å². The van der Waals surface area contributed by atoms with Crippen LogP contribution in [-0.4, -0.2) is 4.98 Å². The lowest BCUT2D eigenvalue weighted by molar-refractivity contribution is 0.364. The average Bonchev–Trinajstić information content (AvgIpc) is 2.15. The number of hydrogen-bond donors (Lipinski definition) is 0. The molecule has 0 saturated carbocycles. The lowest BCUT2D eigenvalue weighted by atomic mass is 10.1. The molecular weight excluding hydrogens is 280 g/mol. The van der Waals surface area contributed by atoms with E-state index in [1.807, 2.05) is 0 Å². The van der Waals surface area contributed by atoms with E-state index in [-0.39, 0.29) is 17.0 Å². The molecule has 18 heavy (non-hydrogen) atoms. The Morgan fingerprint density at radius 1 is 1.06 bits per heavy atom. The SMILES string of the molecule is Cc1ccnc2c(S(F)(F)(F)(F)F)cc(F)cc12. The number of nitrogens with zero attached hydrogens (tertiary/aromatic N) is 1. The van der Waals surface area contributed by atoms with Gasteiger partial charge in [0.05, 0.1) is 5.52 Å². The van der Waals surface area contributed by atoms with Crippen molar-refractivity contribution in [3.63, 3.8) is 0 Å². The highest BCUT2D eigenvalue weighted by Crippen LogP contribution is 3.02. The molecule has 1 heterocycles. The molecule has 0 amide bonds. The fourth-order valence-corrected chi connectivity index (χ4v) is 2.48. The second-order valence-corrected chi connectivity index (χ2v) is 6.27. The van der Waals surface area contributed by atoms with Gasteiger partial charge in [-0.3, -0.25) is 4.98 Å². The Morgan fingerprint density at radius 3 is 2.22 bits per heavy atom. The van der Waals surface area contributed by atoms with Crippen molar-refractivity contribution in [1.82, 2.24) is 4.98 Å². The Hall–Kier alpha value is -1.44. The fourth-order valence-electron chi connectivity index (χ4n) is 1.62. The molecular formula is C10H7F6NS. The number of fused-ring (bicyclic) bond motifs is 1. The van der Waals surface area contributed by atoms with E-state index in [1.165, 1.54) is 13.0 Å². The molecule has 0 aliphatic rings. The summed E-state index contributed by atoms with van der Waals surface area (Å²) in [6.45, 7) is 1.39. The van der Waals surface area contributed by atoms with Gasteiger partial charge in [-0.2, -0.15) is 0 Å². The van der Waals surface area contributed by atoms with Crippen LogP contribution in [0.25, 0.3) is 10.9 Å². The number of benzene rings is 1. The monoisotopic (exact) mass is 287 g/mol. The van der Waals surface area contributed by atoms with Crippen molar-refractivity contribution in [3.05, 3.63) is 35.8 Å². The predicted octanol–water partition coefficient (Wildman–Crippen LogP) is 5.34. The van der Waals surface area contributed by atoms with Crippen LogP contribution in [0.1, 0.15) is 5.56 Å². The van der Waals surface area contributed by atoms with E-state index in [4.69, 9.17) is 0 Å². The molecule has 0 aliphatic carbocycles. The van der Waals surface area contributed by atoms with Gasteiger partial charge in [-0.1, -0.05) is 19.4 Å². The lowest BCUT2D eigenvalue weighted by Crippen LogP contribution is -2.08. The van der Waals surface area contributed by atoms with E-state index >= 15 is 0 Å². The lowest BCUT2D eigenvalue weighted by Gasteiger charge is -2.40. The number of hydrogen-bond acceptors (Lipinski definition) is 1. The van der Waals surface area contributed by atoms with Crippen molar-refractivity contribution in [2.45, 2.75) is 11.8 Å². The number of aryl methyl sites for hydroxylation is 1. The van der Waals surface area contributed by atoms with Crippen LogP contribution in [0.4, 0.5) is 23.8 Å². The second-order valence-electron chi connectivity index (χ2n) is 3.90. The van der Waals surface area contributed by atoms with Crippen molar-refractivity contribution >= 4 is 21.1 Å². The highest BCUT2D eigenvalue weighted by molar-refractivity contribution is 8.46. The molecule has 1 nitrogen and oxygen atoms in total. The Morgan fingerprint density at radius 2 is 1.67 bits per heavy atom. The predicted molar refractivity (Wildman–Crippen MR) is 57.8 cm³/mol. The first-order valence-electron chi connectivity index (χ1n) is 4.67. The smallest absolute Gasteiger partial charge is 0.255 e. The standard InChI is InChI=1S/C10H7F6NS/c1-6-2-3-17-10-8(6)4-7(11)5-9(10)18(12,13,14,15)16/h2-5H,1H3. The van der Waals surface area contributed by atoms with Crippen LogP contribution in [0.15, 0.2) is 29.3 Å². The molecule has 2 aromatic rings. The van der Waals surface area contributed by atoms with Crippen molar-refractivity contribution in [3.8, 4) is 0 Å². The Bertz CT molecular complexity index is 649. The van der Waals surface area contributed by atoms with E-state index in [0.717, 1.165) is 12.3 Å². The normalized spacial score (nSPS) is 16.4. The molecule has 0 N–H and O–H groups in total. The molecule has 0 atom stereocenters. The first-order valence-corrected chi connectivity index (χ1v) is 6.62. The van der Waals surface area contributed by atoms with Crippen LogP contribution in [0.3, 0.4) is 0 Å². The summed E-state index contributed by atoms with van der Waals surface area (Å²) < 4.78 is 77.0. The minimum absolute atomic E-state index is 0.212. The van der Waals surface area contributed by atoms with Crippen molar-refractivity contribution in [1.29, 1.82) is 0 Å². The maximum absolute atomic E-state index is 13.1. The Labute approximate surface area is 98.2 Å². The molecule has 2 rings (SSSR count). The third-order valence-electron chi connectivity index (χ3n) is 2.41. The molecule has 0 aliphatic heterocycles. The minimum atomic E-state index is -9.97. The molecule has 0 unspecified atom stereocenters. The third-order valence-corrected chi connectivity index (χ3v) is 3.55. The van der Waals surface area contributed by atoms with Gasteiger partial charge in [0.15, 0.2) is 0 Å². The second kappa shape index (κ2) is 2.93. The maximum atomic E-state index is 13.1. The quantitative estimate of drug-likeness (QED) is 0.645. The van der Waals surface area contributed by atoms with E-state index in [0.29, 0.717) is 0 Å². The molecule has 1 aromatic heterocycles. The number of rotatable bonds is 1. The van der Waals surface area contributed by atoms with Crippen LogP contribution >= 0.6 is 10.2 Å². The van der Waals surface area contributed by atoms with Crippen molar-refractivity contribution < 1.29 is 23.8 Å². The summed E-state index contributed by atoms with van der Waals surface area (Å²) in [4.78, 5) is 1.02. The molecule has 100 valence electrons. The Kier molecular flexibility index (Phi) is 2.12. The summed E-state index contributed by atoms with van der Waals surface area (Å²) in [5.74, 6) is -1.37. The summed E-state index contributed by atoms with van der Waals surface area (Å²) in [7, 11) is -9.97. The summed E-state index contributed by atoms with van der Waals surface area (Å²) in [5, 5.41) is -0.277. The molecule has 8 heteroatoms. The molecule has 0 spiro atoms. The fraction of sp³-hybridized carbons (Fsp3) is 0.100. The average molecular weight is 287 g/mol. The number of aromatic nitrogens is 1. The molecule has 0 saturated heterocycles. The molecule has 0 fully saturated rings. The van der Waals surface area contributed by atoms with Crippen LogP contribution < -0.4 is 0 Å². The summed E-state index contributed by atoms with van der Waals surface area (Å²) in [6.07, 6.45) is 0.975. The van der Waals surface area contributed by atoms with Crippen LogP contribution in [0, 0.1) is 12.7 Å². The Balaban J connectivity index is 3.03. The largest absolute Gasteiger partial charge is 0.312 e. The molecule has 1 aromatic carbocycles. The molecule has 0 bridgehead atoms. The zero-order chi connectivity index (χ0) is 13.8. The third kappa shape index (κ3) is 2.24.